The highest BCUT2D eigenvalue weighted by Gasteiger charge is 2.05. The highest BCUT2D eigenvalue weighted by molar-refractivity contribution is 7.13. The van der Waals surface area contributed by atoms with Gasteiger partial charge in [0.05, 0.1) is 12.3 Å². The van der Waals surface area contributed by atoms with Crippen molar-refractivity contribution in [3.05, 3.63) is 46.5 Å². The molecular weight excluding hydrogens is 328 g/mol. The van der Waals surface area contributed by atoms with Crippen molar-refractivity contribution >= 4 is 28.5 Å². The number of ether oxygens (including phenoxy) is 1. The summed E-state index contributed by atoms with van der Waals surface area (Å²) in [6.45, 7) is 1.74. The molecule has 8 heteroatoms. The minimum atomic E-state index is -0.635. The molecule has 2 rings (SSSR count). The molecule has 0 unspecified atom stereocenters. The van der Waals surface area contributed by atoms with E-state index in [9.17, 15) is 9.59 Å². The summed E-state index contributed by atoms with van der Waals surface area (Å²) in [5.41, 5.74) is 5.15. The van der Waals surface area contributed by atoms with Crippen LogP contribution in [0.1, 0.15) is 23.7 Å². The van der Waals surface area contributed by atoms with Crippen molar-refractivity contribution in [2.24, 2.45) is 5.84 Å². The molecule has 0 fully saturated rings. The maximum Gasteiger partial charge on any atom is 0.421 e. The minimum absolute atomic E-state index is 0.117. The van der Waals surface area contributed by atoms with Gasteiger partial charge in [0.25, 0.3) is 0 Å². The third-order valence-electron chi connectivity index (χ3n) is 3.24. The number of thiazole rings is 1. The molecule has 0 saturated heterocycles. The first-order valence-corrected chi connectivity index (χ1v) is 8.38. The van der Waals surface area contributed by atoms with Gasteiger partial charge in [-0.1, -0.05) is 24.3 Å². The number of hydrogen-bond donors (Lipinski definition) is 3. The Morgan fingerprint density at radius 2 is 2.00 bits per heavy atom. The summed E-state index contributed by atoms with van der Waals surface area (Å²) in [6.07, 6.45) is 1.64. The predicted octanol–water partition coefficient (Wildman–Crippen LogP) is 2.03. The van der Waals surface area contributed by atoms with Gasteiger partial charge in [-0.05, 0) is 24.0 Å². The molecule has 7 nitrogen and oxygen atoms in total. The van der Waals surface area contributed by atoms with Crippen molar-refractivity contribution in [1.29, 1.82) is 0 Å². The lowest BCUT2D eigenvalue weighted by Crippen LogP contribution is -2.31. The van der Waals surface area contributed by atoms with Crippen LogP contribution in [0.3, 0.4) is 0 Å². The summed E-state index contributed by atoms with van der Waals surface area (Å²) < 4.78 is 4.88. The van der Waals surface area contributed by atoms with E-state index in [1.54, 1.807) is 0 Å². The Bertz CT molecular complexity index is 702. The predicted molar refractivity (Wildman–Crippen MR) is 92.6 cm³/mol. The zero-order valence-corrected chi connectivity index (χ0v) is 14.2. The number of carbonyl (C=O) groups is 2. The topological polar surface area (TPSA) is 106 Å². The lowest BCUT2D eigenvalue weighted by molar-refractivity contribution is -0.114. The van der Waals surface area contributed by atoms with Gasteiger partial charge in [-0.15, -0.1) is 11.3 Å². The van der Waals surface area contributed by atoms with Crippen LogP contribution >= 0.6 is 11.3 Å². The molecule has 128 valence electrons. The molecule has 0 radical (unpaired) electrons. The highest BCUT2D eigenvalue weighted by atomic mass is 32.1. The van der Waals surface area contributed by atoms with Gasteiger partial charge < -0.3 is 10.1 Å². The van der Waals surface area contributed by atoms with Crippen LogP contribution in [0.2, 0.25) is 0 Å². The van der Waals surface area contributed by atoms with Crippen molar-refractivity contribution in [3.8, 4) is 0 Å². The van der Waals surface area contributed by atoms with Gasteiger partial charge in [-0.2, -0.15) is 0 Å². The van der Waals surface area contributed by atoms with E-state index in [4.69, 9.17) is 10.6 Å². The third-order valence-corrected chi connectivity index (χ3v) is 4.04. The van der Waals surface area contributed by atoms with Crippen molar-refractivity contribution < 1.29 is 14.3 Å². The first-order chi connectivity index (χ1) is 11.6. The molecule has 2 amide bonds. The molecule has 4 N–H and O–H groups in total. The number of nitrogens with zero attached hydrogens (tertiary/aromatic N) is 1. The van der Waals surface area contributed by atoms with E-state index in [-0.39, 0.29) is 12.5 Å². The molecule has 2 aromatic rings. The van der Waals surface area contributed by atoms with Crippen LogP contribution in [0.5, 0.6) is 0 Å². The van der Waals surface area contributed by atoms with E-state index in [1.165, 1.54) is 23.8 Å². The fourth-order valence-corrected chi connectivity index (χ4v) is 2.94. The third kappa shape index (κ3) is 5.98. The van der Waals surface area contributed by atoms with E-state index in [0.717, 1.165) is 24.1 Å². The standard InChI is InChI=1S/C16H20N4O3S/c1-11(21)18-15-19-14(10-24-15)6-5-12-3-2-4-13(9-12)7-8-23-16(22)20-17/h2-4,9-10H,5-8,17H2,1H3,(H,20,22)(H,18,19,21). The largest absolute Gasteiger partial charge is 0.448 e. The maximum atomic E-state index is 11.0. The molecule has 0 aliphatic rings. The molecule has 0 aliphatic carbocycles. The van der Waals surface area contributed by atoms with Crippen LogP contribution in [0, 0.1) is 0 Å². The zero-order chi connectivity index (χ0) is 17.4. The lowest BCUT2D eigenvalue weighted by Gasteiger charge is -2.06. The Morgan fingerprint density at radius 1 is 1.25 bits per heavy atom. The monoisotopic (exact) mass is 348 g/mol. The number of rotatable bonds is 7. The van der Waals surface area contributed by atoms with Gasteiger partial charge in [-0.3, -0.25) is 10.2 Å². The molecule has 0 spiro atoms. The van der Waals surface area contributed by atoms with Crippen LogP contribution in [0.25, 0.3) is 0 Å². The van der Waals surface area contributed by atoms with Crippen LogP contribution in [0.15, 0.2) is 29.6 Å². The SMILES string of the molecule is CC(=O)Nc1nc(CCc2cccc(CCOC(=O)NN)c2)cs1. The van der Waals surface area contributed by atoms with Gasteiger partial charge in [0, 0.05) is 18.7 Å². The summed E-state index contributed by atoms with van der Waals surface area (Å²) in [5.74, 6) is 4.83. The number of amides is 2. The molecular formula is C16H20N4O3S. The normalized spacial score (nSPS) is 10.2. The quantitative estimate of drug-likeness (QED) is 0.403. The van der Waals surface area contributed by atoms with E-state index in [2.05, 4.69) is 22.4 Å². The van der Waals surface area contributed by atoms with Crippen LogP contribution in [0.4, 0.5) is 9.93 Å². The van der Waals surface area contributed by atoms with Gasteiger partial charge in [0.2, 0.25) is 5.91 Å². The number of nitrogens with two attached hydrogens (primary N) is 1. The Hall–Kier alpha value is -2.45. The van der Waals surface area contributed by atoms with E-state index < -0.39 is 6.09 Å². The second-order valence-electron chi connectivity index (χ2n) is 5.18. The zero-order valence-electron chi connectivity index (χ0n) is 13.4. The molecule has 24 heavy (non-hydrogen) atoms. The number of benzene rings is 1. The van der Waals surface area contributed by atoms with Crippen molar-refractivity contribution in [2.45, 2.75) is 26.2 Å². The van der Waals surface area contributed by atoms with Gasteiger partial charge in [-0.25, -0.2) is 15.6 Å². The Labute approximate surface area is 144 Å². The van der Waals surface area contributed by atoms with Crippen molar-refractivity contribution in [2.75, 3.05) is 11.9 Å². The number of nitrogens with one attached hydrogen (secondary N) is 2. The molecule has 1 heterocycles. The second kappa shape index (κ2) is 8.99. The molecule has 0 bridgehead atoms. The van der Waals surface area contributed by atoms with Crippen LogP contribution < -0.4 is 16.6 Å². The number of anilines is 1. The summed E-state index contributed by atoms with van der Waals surface area (Å²) in [4.78, 5) is 26.3. The maximum absolute atomic E-state index is 11.0. The number of aromatic nitrogens is 1. The number of aryl methyl sites for hydroxylation is 2. The molecule has 0 atom stereocenters. The highest BCUT2D eigenvalue weighted by Crippen LogP contribution is 2.17. The summed E-state index contributed by atoms with van der Waals surface area (Å²) >= 11 is 1.42. The fourth-order valence-electron chi connectivity index (χ4n) is 2.15. The average molecular weight is 348 g/mol. The molecule has 0 aliphatic heterocycles. The van der Waals surface area contributed by atoms with Crippen LogP contribution in [-0.4, -0.2) is 23.6 Å². The summed E-state index contributed by atoms with van der Waals surface area (Å²) in [6, 6.07) is 8.12. The Morgan fingerprint density at radius 3 is 2.71 bits per heavy atom. The van der Waals surface area contributed by atoms with Gasteiger partial charge in [0.1, 0.15) is 0 Å². The van der Waals surface area contributed by atoms with Crippen molar-refractivity contribution in [3.63, 3.8) is 0 Å². The molecule has 1 aromatic heterocycles. The lowest BCUT2D eigenvalue weighted by atomic mass is 10.0. The Kier molecular flexibility index (Phi) is 6.71. The molecule has 1 aromatic carbocycles. The van der Waals surface area contributed by atoms with Gasteiger partial charge in [0.15, 0.2) is 5.13 Å². The van der Waals surface area contributed by atoms with E-state index in [1.807, 2.05) is 22.9 Å². The summed E-state index contributed by atoms with van der Waals surface area (Å²) in [5, 5.41) is 5.26. The number of carbonyl (C=O) groups excluding carboxylic acids is 2. The smallest absolute Gasteiger partial charge is 0.421 e. The van der Waals surface area contributed by atoms with Crippen molar-refractivity contribution in [1.82, 2.24) is 10.4 Å². The fraction of sp³-hybridized carbons (Fsp3) is 0.312. The minimum Gasteiger partial charge on any atom is -0.448 e. The second-order valence-corrected chi connectivity index (χ2v) is 6.03. The number of hydrogen-bond acceptors (Lipinski definition) is 6. The van der Waals surface area contributed by atoms with E-state index in [0.29, 0.717) is 11.6 Å². The molecule has 0 saturated carbocycles. The van der Waals surface area contributed by atoms with Crippen LogP contribution in [-0.2, 0) is 28.8 Å². The van der Waals surface area contributed by atoms with Gasteiger partial charge >= 0.3 is 6.09 Å². The number of hydrazine groups is 1. The summed E-state index contributed by atoms with van der Waals surface area (Å²) in [7, 11) is 0. The average Bonchev–Trinajstić information content (AvgIpc) is 3.00. The first kappa shape index (κ1) is 17.9. The Balaban J connectivity index is 1.84. The van der Waals surface area contributed by atoms with E-state index >= 15 is 0 Å². The first-order valence-electron chi connectivity index (χ1n) is 7.50.